The molecule has 1 amide bonds. The molecule has 6 nitrogen and oxygen atoms in total. The number of carbonyl (C=O) groups is 2. The van der Waals surface area contributed by atoms with E-state index in [1.807, 2.05) is 70.2 Å². The number of rotatable bonds is 6. The molecule has 206 valence electrons. The van der Waals surface area contributed by atoms with Gasteiger partial charge in [-0.25, -0.2) is 0 Å². The van der Waals surface area contributed by atoms with Crippen LogP contribution in [0.2, 0.25) is 0 Å². The van der Waals surface area contributed by atoms with E-state index < -0.39 is 5.92 Å². The van der Waals surface area contributed by atoms with E-state index in [9.17, 15) is 9.59 Å². The molecule has 1 aliphatic carbocycles. The summed E-state index contributed by atoms with van der Waals surface area (Å²) in [5.74, 6) is 0.664. The highest BCUT2D eigenvalue weighted by atomic mass is 16.5. The Balaban J connectivity index is 1.58. The normalized spacial score (nSPS) is 18.7. The van der Waals surface area contributed by atoms with E-state index in [4.69, 9.17) is 9.47 Å². The summed E-state index contributed by atoms with van der Waals surface area (Å²) in [5, 5.41) is 6.60. The molecule has 2 N–H and O–H groups in total. The van der Waals surface area contributed by atoms with Gasteiger partial charge in [0.25, 0.3) is 5.91 Å². The van der Waals surface area contributed by atoms with Crippen molar-refractivity contribution in [2.24, 2.45) is 0 Å². The van der Waals surface area contributed by atoms with Gasteiger partial charge in [-0.05, 0) is 80.5 Å². The molecular weight excluding hydrogens is 500 g/mol. The molecule has 3 aromatic carbocycles. The van der Waals surface area contributed by atoms with Crippen LogP contribution in [0.1, 0.15) is 59.4 Å². The minimum Gasteiger partial charge on any atom is -0.493 e. The number of ketones is 1. The number of amides is 1. The molecule has 6 heteroatoms. The maximum Gasteiger partial charge on any atom is 0.254 e. The summed E-state index contributed by atoms with van der Waals surface area (Å²) in [4.78, 5) is 28.0. The molecule has 0 saturated carbocycles. The number of ether oxygens (including phenoxy) is 2. The largest absolute Gasteiger partial charge is 0.493 e. The van der Waals surface area contributed by atoms with Crippen LogP contribution in [0.15, 0.2) is 83.2 Å². The molecule has 0 radical (unpaired) electrons. The molecule has 0 fully saturated rings. The van der Waals surface area contributed by atoms with Gasteiger partial charge >= 0.3 is 0 Å². The van der Waals surface area contributed by atoms with Crippen molar-refractivity contribution in [2.75, 3.05) is 19.5 Å². The fourth-order valence-electron chi connectivity index (χ4n) is 5.97. The second-order valence-electron chi connectivity index (χ2n) is 10.8. The van der Waals surface area contributed by atoms with Crippen LogP contribution in [-0.4, -0.2) is 25.9 Å². The summed E-state index contributed by atoms with van der Waals surface area (Å²) >= 11 is 0. The molecule has 1 heterocycles. The highest BCUT2D eigenvalue weighted by molar-refractivity contribution is 6.10. The van der Waals surface area contributed by atoms with Gasteiger partial charge in [-0.15, -0.1) is 0 Å². The van der Waals surface area contributed by atoms with Crippen LogP contribution in [0.4, 0.5) is 5.69 Å². The Bertz CT molecular complexity index is 1570. The summed E-state index contributed by atoms with van der Waals surface area (Å²) in [5.41, 5.74) is 8.79. The molecule has 1 aliphatic heterocycles. The third kappa shape index (κ3) is 5.02. The monoisotopic (exact) mass is 536 g/mol. The van der Waals surface area contributed by atoms with Crippen LogP contribution in [0.25, 0.3) is 0 Å². The molecule has 2 atom stereocenters. The van der Waals surface area contributed by atoms with Crippen LogP contribution in [-0.2, 0) is 9.59 Å². The van der Waals surface area contributed by atoms with Gasteiger partial charge in [0.05, 0.1) is 14.2 Å². The van der Waals surface area contributed by atoms with Gasteiger partial charge in [0.15, 0.2) is 17.3 Å². The number of dihydropyridines is 1. The third-order valence-electron chi connectivity index (χ3n) is 8.09. The van der Waals surface area contributed by atoms with Crippen LogP contribution < -0.4 is 20.1 Å². The van der Waals surface area contributed by atoms with E-state index in [1.54, 1.807) is 14.2 Å². The maximum absolute atomic E-state index is 14.0. The predicted octanol–water partition coefficient (Wildman–Crippen LogP) is 6.63. The number of nitrogens with one attached hydrogen (secondary N) is 2. The molecule has 2 unspecified atom stereocenters. The Morgan fingerprint density at radius 2 is 1.62 bits per heavy atom. The van der Waals surface area contributed by atoms with Crippen molar-refractivity contribution in [1.82, 2.24) is 5.32 Å². The molecule has 5 rings (SSSR count). The number of methoxy groups -OCH3 is 2. The lowest BCUT2D eigenvalue weighted by Crippen LogP contribution is -2.37. The zero-order valence-electron chi connectivity index (χ0n) is 24.0. The first-order valence-electron chi connectivity index (χ1n) is 13.6. The second-order valence-corrected chi connectivity index (χ2v) is 10.8. The number of benzene rings is 3. The lowest BCUT2D eigenvalue weighted by Gasteiger charge is -2.37. The number of hydrogen-bond donors (Lipinski definition) is 2. The van der Waals surface area contributed by atoms with Crippen molar-refractivity contribution >= 4 is 17.4 Å². The number of aryl methyl sites for hydroxylation is 3. The SMILES string of the molecule is COc1ccc(C2CC(=O)C3=C(C2)NC(C)=C(C(=O)Nc2ccccc2C)C3c2cc(C)ccc2C)cc1OC. The van der Waals surface area contributed by atoms with E-state index in [0.717, 1.165) is 44.9 Å². The van der Waals surface area contributed by atoms with Crippen LogP contribution in [0.3, 0.4) is 0 Å². The van der Waals surface area contributed by atoms with Crippen LogP contribution in [0.5, 0.6) is 11.5 Å². The van der Waals surface area contributed by atoms with E-state index in [2.05, 4.69) is 28.8 Å². The van der Waals surface area contributed by atoms with E-state index >= 15 is 0 Å². The van der Waals surface area contributed by atoms with Gasteiger partial charge in [-0.1, -0.05) is 48.0 Å². The van der Waals surface area contributed by atoms with Crippen molar-refractivity contribution in [2.45, 2.75) is 52.4 Å². The highest BCUT2D eigenvalue weighted by Gasteiger charge is 2.41. The first-order valence-corrected chi connectivity index (χ1v) is 13.6. The van der Waals surface area contributed by atoms with Gasteiger partial charge < -0.3 is 20.1 Å². The predicted molar refractivity (Wildman–Crippen MR) is 158 cm³/mol. The quantitative estimate of drug-likeness (QED) is 0.370. The van der Waals surface area contributed by atoms with Gasteiger partial charge in [0, 0.05) is 40.6 Å². The molecule has 0 bridgehead atoms. The van der Waals surface area contributed by atoms with E-state index in [1.165, 1.54) is 0 Å². The first kappa shape index (κ1) is 27.3. The molecule has 0 aromatic heterocycles. The summed E-state index contributed by atoms with van der Waals surface area (Å²) in [7, 11) is 3.23. The lowest BCUT2D eigenvalue weighted by molar-refractivity contribution is -0.116. The highest BCUT2D eigenvalue weighted by Crippen LogP contribution is 2.47. The Morgan fingerprint density at radius 3 is 2.35 bits per heavy atom. The minimum absolute atomic E-state index is 0.0204. The lowest BCUT2D eigenvalue weighted by atomic mass is 9.70. The smallest absolute Gasteiger partial charge is 0.254 e. The molecule has 40 heavy (non-hydrogen) atoms. The standard InChI is InChI=1S/C34H36N2O4/c1-19-11-12-20(2)25(15-19)32-31(34(38)36-26-10-8-7-9-21(26)3)22(4)35-27-16-24(17-28(37)33(27)32)23-13-14-29(39-5)30(18-23)40-6/h7-15,18,24,32,35H,16-17H2,1-6H3,(H,36,38). The molecule has 0 saturated heterocycles. The van der Waals surface area contributed by atoms with E-state index in [-0.39, 0.29) is 17.6 Å². The van der Waals surface area contributed by atoms with Crippen LogP contribution >= 0.6 is 0 Å². The second kappa shape index (κ2) is 11.0. The topological polar surface area (TPSA) is 76.7 Å². The number of hydrogen-bond acceptors (Lipinski definition) is 5. The molecule has 3 aromatic rings. The van der Waals surface area contributed by atoms with Crippen molar-refractivity contribution in [1.29, 1.82) is 0 Å². The number of carbonyl (C=O) groups excluding carboxylic acids is 2. The van der Waals surface area contributed by atoms with Crippen molar-refractivity contribution in [3.8, 4) is 11.5 Å². The Hall–Kier alpha value is -4.32. The van der Waals surface area contributed by atoms with Crippen molar-refractivity contribution < 1.29 is 19.1 Å². The van der Waals surface area contributed by atoms with Gasteiger partial charge in [0.1, 0.15) is 0 Å². The summed E-state index contributed by atoms with van der Waals surface area (Å²) in [6.45, 7) is 7.98. The summed E-state index contributed by atoms with van der Waals surface area (Å²) in [6, 6.07) is 19.8. The van der Waals surface area contributed by atoms with E-state index in [0.29, 0.717) is 35.5 Å². The first-order chi connectivity index (χ1) is 19.2. The summed E-state index contributed by atoms with van der Waals surface area (Å²) < 4.78 is 10.9. The summed E-state index contributed by atoms with van der Waals surface area (Å²) in [6.07, 6.45) is 1.01. The average molecular weight is 537 g/mol. The Morgan fingerprint density at radius 1 is 0.875 bits per heavy atom. The average Bonchev–Trinajstić information content (AvgIpc) is 2.94. The third-order valence-corrected chi connectivity index (χ3v) is 8.09. The number of Topliss-reactive ketones (excluding diaryl/α,β-unsaturated/α-hetero) is 1. The van der Waals surface area contributed by atoms with Crippen molar-refractivity contribution in [3.05, 3.63) is 111 Å². The van der Waals surface area contributed by atoms with Gasteiger partial charge in [0.2, 0.25) is 0 Å². The molecule has 2 aliphatic rings. The maximum atomic E-state index is 14.0. The Kier molecular flexibility index (Phi) is 7.53. The zero-order chi connectivity index (χ0) is 28.6. The zero-order valence-corrected chi connectivity index (χ0v) is 24.0. The van der Waals surface area contributed by atoms with Gasteiger partial charge in [-0.2, -0.15) is 0 Å². The molecular formula is C34H36N2O4. The number of para-hydroxylation sites is 1. The van der Waals surface area contributed by atoms with Crippen LogP contribution in [0, 0.1) is 20.8 Å². The van der Waals surface area contributed by atoms with Gasteiger partial charge in [-0.3, -0.25) is 9.59 Å². The molecule has 0 spiro atoms. The fraction of sp³-hybridized carbons (Fsp3) is 0.294. The fourth-order valence-corrected chi connectivity index (χ4v) is 5.97. The minimum atomic E-state index is -0.459. The number of allylic oxidation sites excluding steroid dienone is 3. The van der Waals surface area contributed by atoms with Crippen molar-refractivity contribution in [3.63, 3.8) is 0 Å². The number of anilines is 1. The Labute approximate surface area is 236 Å².